The number of carbonyl (C=O) groups is 2. The molecule has 1 aromatic rings. The SMILES string of the molecule is CC1CCN(C(=O)c2cccc(C(=O)N3CCCC(C)C3)n2)CC1. The topological polar surface area (TPSA) is 53.5 Å². The molecule has 3 rings (SSSR count). The number of likely N-dealkylation sites (tertiary alicyclic amines) is 2. The molecular weight excluding hydrogens is 302 g/mol. The van der Waals surface area contributed by atoms with Crippen molar-refractivity contribution in [3.05, 3.63) is 29.6 Å². The van der Waals surface area contributed by atoms with Crippen molar-refractivity contribution in [2.75, 3.05) is 26.2 Å². The Labute approximate surface area is 144 Å². The molecule has 0 spiro atoms. The van der Waals surface area contributed by atoms with Gasteiger partial charge in [-0.3, -0.25) is 9.59 Å². The van der Waals surface area contributed by atoms with Crippen molar-refractivity contribution in [3.8, 4) is 0 Å². The van der Waals surface area contributed by atoms with Gasteiger partial charge in [0.1, 0.15) is 11.4 Å². The molecule has 0 saturated carbocycles. The maximum atomic E-state index is 12.7. The first kappa shape index (κ1) is 16.9. The fraction of sp³-hybridized carbons (Fsp3) is 0.632. The number of hydrogen-bond donors (Lipinski definition) is 0. The zero-order chi connectivity index (χ0) is 17.1. The number of piperidine rings is 2. The van der Waals surface area contributed by atoms with Crippen molar-refractivity contribution in [2.24, 2.45) is 11.8 Å². The largest absolute Gasteiger partial charge is 0.337 e. The van der Waals surface area contributed by atoms with Crippen LogP contribution in [-0.2, 0) is 0 Å². The van der Waals surface area contributed by atoms with Crippen LogP contribution in [-0.4, -0.2) is 52.8 Å². The standard InChI is InChI=1S/C19H27N3O2/c1-14-8-11-21(12-9-14)18(23)16-6-3-7-17(20-16)19(24)22-10-4-5-15(2)13-22/h3,6-7,14-15H,4-5,8-13H2,1-2H3. The van der Waals surface area contributed by atoms with Gasteiger partial charge in [0.25, 0.3) is 11.8 Å². The maximum absolute atomic E-state index is 12.7. The van der Waals surface area contributed by atoms with Crippen LogP contribution in [0.5, 0.6) is 0 Å². The second-order valence-electron chi connectivity index (χ2n) is 7.38. The molecule has 24 heavy (non-hydrogen) atoms. The van der Waals surface area contributed by atoms with Gasteiger partial charge in [-0.15, -0.1) is 0 Å². The third-order valence-electron chi connectivity index (χ3n) is 5.20. The number of rotatable bonds is 2. The zero-order valence-electron chi connectivity index (χ0n) is 14.7. The van der Waals surface area contributed by atoms with E-state index in [9.17, 15) is 9.59 Å². The summed E-state index contributed by atoms with van der Waals surface area (Å²) in [6, 6.07) is 5.21. The average Bonchev–Trinajstić information content (AvgIpc) is 2.61. The third kappa shape index (κ3) is 3.77. The van der Waals surface area contributed by atoms with E-state index >= 15 is 0 Å². The van der Waals surface area contributed by atoms with Crippen LogP contribution < -0.4 is 0 Å². The predicted octanol–water partition coefficient (Wildman–Crippen LogP) is 2.83. The number of hydrogen-bond acceptors (Lipinski definition) is 3. The van der Waals surface area contributed by atoms with E-state index < -0.39 is 0 Å². The smallest absolute Gasteiger partial charge is 0.272 e. The number of pyridine rings is 1. The first-order chi connectivity index (χ1) is 11.5. The Hall–Kier alpha value is -1.91. The van der Waals surface area contributed by atoms with Crippen molar-refractivity contribution >= 4 is 11.8 Å². The Morgan fingerprint density at radius 2 is 1.54 bits per heavy atom. The molecule has 2 saturated heterocycles. The molecule has 1 aromatic heterocycles. The van der Waals surface area contributed by atoms with Gasteiger partial charge in [0.15, 0.2) is 0 Å². The molecule has 1 atom stereocenters. The van der Waals surface area contributed by atoms with Crippen LogP contribution in [0.3, 0.4) is 0 Å². The van der Waals surface area contributed by atoms with Crippen LogP contribution in [0.1, 0.15) is 60.5 Å². The van der Waals surface area contributed by atoms with Gasteiger partial charge in [0.2, 0.25) is 0 Å². The quantitative estimate of drug-likeness (QED) is 0.838. The van der Waals surface area contributed by atoms with Gasteiger partial charge < -0.3 is 9.80 Å². The maximum Gasteiger partial charge on any atom is 0.272 e. The molecule has 3 heterocycles. The Kier molecular flexibility index (Phi) is 5.17. The summed E-state index contributed by atoms with van der Waals surface area (Å²) in [6.07, 6.45) is 4.28. The molecule has 2 aliphatic heterocycles. The molecule has 5 nitrogen and oxygen atoms in total. The van der Waals surface area contributed by atoms with Gasteiger partial charge in [0.05, 0.1) is 0 Å². The lowest BCUT2D eigenvalue weighted by Crippen LogP contribution is -2.40. The second-order valence-corrected chi connectivity index (χ2v) is 7.38. The van der Waals surface area contributed by atoms with Crippen molar-refractivity contribution in [2.45, 2.75) is 39.5 Å². The highest BCUT2D eigenvalue weighted by Gasteiger charge is 2.25. The lowest BCUT2D eigenvalue weighted by molar-refractivity contribution is 0.0673. The highest BCUT2D eigenvalue weighted by molar-refractivity contribution is 5.96. The van der Waals surface area contributed by atoms with Crippen molar-refractivity contribution in [3.63, 3.8) is 0 Å². The van der Waals surface area contributed by atoms with Crippen LogP contribution in [0.15, 0.2) is 18.2 Å². The number of nitrogens with zero attached hydrogens (tertiary/aromatic N) is 3. The predicted molar refractivity (Wildman–Crippen MR) is 92.8 cm³/mol. The first-order valence-corrected chi connectivity index (χ1v) is 9.10. The molecule has 0 aromatic carbocycles. The fourth-order valence-electron chi connectivity index (χ4n) is 3.58. The van der Waals surface area contributed by atoms with E-state index in [1.54, 1.807) is 18.2 Å². The van der Waals surface area contributed by atoms with E-state index in [1.165, 1.54) is 6.42 Å². The summed E-state index contributed by atoms with van der Waals surface area (Å²) in [7, 11) is 0. The van der Waals surface area contributed by atoms with E-state index in [-0.39, 0.29) is 11.8 Å². The molecule has 0 aliphatic carbocycles. The van der Waals surface area contributed by atoms with Gasteiger partial charge in [-0.25, -0.2) is 4.98 Å². The van der Waals surface area contributed by atoms with Gasteiger partial charge >= 0.3 is 0 Å². The number of aromatic nitrogens is 1. The summed E-state index contributed by atoms with van der Waals surface area (Å²) in [5, 5.41) is 0. The van der Waals surface area contributed by atoms with E-state index in [4.69, 9.17) is 0 Å². The number of carbonyl (C=O) groups excluding carboxylic acids is 2. The summed E-state index contributed by atoms with van der Waals surface area (Å²) < 4.78 is 0. The highest BCUT2D eigenvalue weighted by atomic mass is 16.2. The molecule has 0 radical (unpaired) electrons. The van der Waals surface area contributed by atoms with Crippen molar-refractivity contribution in [1.82, 2.24) is 14.8 Å². The van der Waals surface area contributed by atoms with Gasteiger partial charge in [-0.05, 0) is 49.7 Å². The van der Waals surface area contributed by atoms with Gasteiger partial charge in [0, 0.05) is 26.2 Å². The number of amides is 2. The van der Waals surface area contributed by atoms with E-state index in [0.717, 1.165) is 45.4 Å². The van der Waals surface area contributed by atoms with Crippen LogP contribution in [0.4, 0.5) is 0 Å². The Bertz CT molecular complexity index is 608. The molecule has 2 fully saturated rings. The van der Waals surface area contributed by atoms with Crippen molar-refractivity contribution in [1.29, 1.82) is 0 Å². The summed E-state index contributed by atoms with van der Waals surface area (Å²) in [5.74, 6) is 1.10. The summed E-state index contributed by atoms with van der Waals surface area (Å²) in [4.78, 5) is 33.4. The summed E-state index contributed by atoms with van der Waals surface area (Å²) >= 11 is 0. The van der Waals surface area contributed by atoms with Crippen LogP contribution >= 0.6 is 0 Å². The molecule has 2 amide bonds. The molecule has 0 N–H and O–H groups in total. The van der Waals surface area contributed by atoms with Gasteiger partial charge in [-0.2, -0.15) is 0 Å². The Morgan fingerprint density at radius 1 is 0.917 bits per heavy atom. The molecular formula is C19H27N3O2. The average molecular weight is 329 g/mol. The van der Waals surface area contributed by atoms with Crippen LogP contribution in [0.2, 0.25) is 0 Å². The van der Waals surface area contributed by atoms with Crippen LogP contribution in [0, 0.1) is 11.8 Å². The lowest BCUT2D eigenvalue weighted by atomic mass is 9.99. The first-order valence-electron chi connectivity index (χ1n) is 9.10. The van der Waals surface area contributed by atoms with Crippen LogP contribution in [0.25, 0.3) is 0 Å². The third-order valence-corrected chi connectivity index (χ3v) is 5.20. The van der Waals surface area contributed by atoms with Crippen molar-refractivity contribution < 1.29 is 9.59 Å². The van der Waals surface area contributed by atoms with Gasteiger partial charge in [-0.1, -0.05) is 19.9 Å². The Morgan fingerprint density at radius 3 is 2.17 bits per heavy atom. The fourth-order valence-corrected chi connectivity index (χ4v) is 3.58. The lowest BCUT2D eigenvalue weighted by Gasteiger charge is -2.31. The zero-order valence-corrected chi connectivity index (χ0v) is 14.7. The Balaban J connectivity index is 1.71. The minimum atomic E-state index is -0.0523. The molecule has 0 bridgehead atoms. The summed E-state index contributed by atoms with van der Waals surface area (Å²) in [6.45, 7) is 7.52. The van der Waals surface area contributed by atoms with E-state index in [2.05, 4.69) is 18.8 Å². The molecule has 130 valence electrons. The minimum Gasteiger partial charge on any atom is -0.337 e. The molecule has 1 unspecified atom stereocenters. The second kappa shape index (κ2) is 7.32. The highest BCUT2D eigenvalue weighted by Crippen LogP contribution is 2.19. The van der Waals surface area contributed by atoms with E-state index in [1.807, 2.05) is 9.80 Å². The molecule has 2 aliphatic rings. The normalized spacial score (nSPS) is 22.5. The summed E-state index contributed by atoms with van der Waals surface area (Å²) in [5.41, 5.74) is 0.779. The molecule has 5 heteroatoms. The monoisotopic (exact) mass is 329 g/mol. The minimum absolute atomic E-state index is 0.0523. The van der Waals surface area contributed by atoms with E-state index in [0.29, 0.717) is 23.2 Å².